The van der Waals surface area contributed by atoms with Crippen LogP contribution in [0.15, 0.2) is 0 Å². The Hall–Kier alpha value is -1.17. The van der Waals surface area contributed by atoms with E-state index in [9.17, 15) is 20.1 Å². The van der Waals surface area contributed by atoms with Crippen LogP contribution in [-0.4, -0.2) is 63.7 Å². The van der Waals surface area contributed by atoms with Gasteiger partial charge in [-0.2, -0.15) is 0 Å². The van der Waals surface area contributed by atoms with Gasteiger partial charge in [-0.25, -0.2) is 4.79 Å². The summed E-state index contributed by atoms with van der Waals surface area (Å²) in [6.07, 6.45) is -3.09. The van der Waals surface area contributed by atoms with Crippen LogP contribution in [0.1, 0.15) is 0 Å². The molecule has 0 aromatic rings. The maximum absolute atomic E-state index is 10.7. The molecule has 1 fully saturated rings. The monoisotopic (exact) mass is 232 g/mol. The number of ether oxygens (including phenoxy) is 2. The van der Waals surface area contributed by atoms with Crippen molar-refractivity contribution < 1.29 is 34.7 Å². The number of aliphatic hydroxyl groups is 3. The summed E-state index contributed by atoms with van der Waals surface area (Å²) in [5, 5.41) is 36.8. The number of rotatable bonds is 3. The highest BCUT2D eigenvalue weighted by atomic mass is 16.7. The zero-order valence-corrected chi connectivity index (χ0v) is 8.18. The van der Waals surface area contributed by atoms with Gasteiger partial charge in [0.1, 0.15) is 24.9 Å². The predicted octanol–water partition coefficient (Wildman–Crippen LogP) is -2.47. The van der Waals surface area contributed by atoms with Gasteiger partial charge in [0.25, 0.3) is 0 Å². The van der Waals surface area contributed by atoms with Crippen LogP contribution in [0.5, 0.6) is 0 Å². The quantitative estimate of drug-likeness (QED) is 0.398. The minimum Gasteiger partial charge on any atom is -0.479 e. The first-order chi connectivity index (χ1) is 7.49. The van der Waals surface area contributed by atoms with Crippen LogP contribution in [0, 0.1) is 12.3 Å². The van der Waals surface area contributed by atoms with E-state index in [2.05, 4.69) is 5.92 Å². The van der Waals surface area contributed by atoms with E-state index < -0.39 is 36.7 Å². The van der Waals surface area contributed by atoms with Crippen LogP contribution < -0.4 is 0 Å². The molecule has 0 amide bonds. The number of hydrogen-bond acceptors (Lipinski definition) is 6. The second-order valence-electron chi connectivity index (χ2n) is 3.25. The van der Waals surface area contributed by atoms with Crippen molar-refractivity contribution in [2.45, 2.75) is 30.7 Å². The fourth-order valence-corrected chi connectivity index (χ4v) is 1.32. The normalized spacial score (nSPS) is 39.0. The van der Waals surface area contributed by atoms with E-state index in [1.54, 1.807) is 0 Å². The summed E-state index contributed by atoms with van der Waals surface area (Å²) < 4.78 is 9.57. The number of carboxylic acids is 1. The molecule has 0 spiro atoms. The highest BCUT2D eigenvalue weighted by Crippen LogP contribution is 2.22. The van der Waals surface area contributed by atoms with E-state index in [0.717, 1.165) is 0 Å². The Bertz CT molecular complexity index is 297. The second-order valence-corrected chi connectivity index (χ2v) is 3.25. The standard InChI is InChI=1S/C9H12O7/c1-2-3-15-9-6(12)4(10)5(11)7(16-9)8(13)14/h1,4-7,9-12H,3H2,(H,13,14)/t4-,5-,6+,7-,9+/m1/s1. The maximum Gasteiger partial charge on any atom is 0.335 e. The number of aliphatic carboxylic acids is 1. The lowest BCUT2D eigenvalue weighted by Gasteiger charge is -2.38. The summed E-state index contributed by atoms with van der Waals surface area (Å²) in [4.78, 5) is 10.7. The molecule has 5 atom stereocenters. The van der Waals surface area contributed by atoms with Crippen molar-refractivity contribution in [2.75, 3.05) is 6.61 Å². The molecule has 4 N–H and O–H groups in total. The third-order valence-corrected chi connectivity index (χ3v) is 2.14. The average Bonchev–Trinajstić information content (AvgIpc) is 2.24. The summed E-state index contributed by atoms with van der Waals surface area (Å²) in [7, 11) is 0. The van der Waals surface area contributed by atoms with E-state index in [-0.39, 0.29) is 6.61 Å². The van der Waals surface area contributed by atoms with Gasteiger partial charge in [-0.05, 0) is 0 Å². The molecule has 1 rings (SSSR count). The summed E-state index contributed by atoms with van der Waals surface area (Å²) in [6, 6.07) is 0. The Kier molecular flexibility index (Phi) is 4.23. The number of carboxylic acid groups (broad SMARTS) is 1. The van der Waals surface area contributed by atoms with Gasteiger partial charge in [0.05, 0.1) is 0 Å². The number of aliphatic hydroxyl groups excluding tert-OH is 3. The first-order valence-electron chi connectivity index (χ1n) is 4.46. The average molecular weight is 232 g/mol. The highest BCUT2D eigenvalue weighted by molar-refractivity contribution is 5.73. The van der Waals surface area contributed by atoms with Crippen molar-refractivity contribution in [3.05, 3.63) is 0 Å². The molecule has 0 saturated carbocycles. The molecule has 16 heavy (non-hydrogen) atoms. The number of terminal acetylenes is 1. The van der Waals surface area contributed by atoms with Crippen molar-refractivity contribution in [1.82, 2.24) is 0 Å². The third kappa shape index (κ3) is 2.49. The zero-order valence-electron chi connectivity index (χ0n) is 8.18. The van der Waals surface area contributed by atoms with Gasteiger partial charge < -0.3 is 29.9 Å². The fraction of sp³-hybridized carbons (Fsp3) is 0.667. The predicted molar refractivity (Wildman–Crippen MR) is 49.1 cm³/mol. The Morgan fingerprint density at radius 1 is 1.31 bits per heavy atom. The Labute approximate surface area is 91.2 Å². The van der Waals surface area contributed by atoms with Gasteiger partial charge in [0.2, 0.25) is 0 Å². The van der Waals surface area contributed by atoms with Gasteiger partial charge in [0.15, 0.2) is 12.4 Å². The first-order valence-corrected chi connectivity index (χ1v) is 4.46. The molecule has 0 bridgehead atoms. The van der Waals surface area contributed by atoms with Crippen molar-refractivity contribution in [1.29, 1.82) is 0 Å². The molecule has 1 aliphatic rings. The summed E-state index contributed by atoms with van der Waals surface area (Å²) in [5.41, 5.74) is 0. The van der Waals surface area contributed by atoms with Gasteiger partial charge in [-0.15, -0.1) is 6.42 Å². The molecular formula is C9H12O7. The Morgan fingerprint density at radius 3 is 2.44 bits per heavy atom. The molecule has 90 valence electrons. The van der Waals surface area contributed by atoms with E-state index in [4.69, 9.17) is 21.0 Å². The van der Waals surface area contributed by atoms with Gasteiger partial charge in [-0.1, -0.05) is 5.92 Å². The number of hydrogen-bond donors (Lipinski definition) is 4. The van der Waals surface area contributed by atoms with E-state index in [0.29, 0.717) is 0 Å². The molecule has 1 saturated heterocycles. The highest BCUT2D eigenvalue weighted by Gasteiger charge is 2.47. The first kappa shape index (κ1) is 12.9. The summed E-state index contributed by atoms with van der Waals surface area (Å²) in [5.74, 6) is 0.636. The molecule has 0 aromatic heterocycles. The Balaban J connectivity index is 2.73. The molecule has 7 heteroatoms. The molecule has 0 radical (unpaired) electrons. The fourth-order valence-electron chi connectivity index (χ4n) is 1.32. The lowest BCUT2D eigenvalue weighted by molar-refractivity contribution is -0.291. The zero-order chi connectivity index (χ0) is 12.3. The summed E-state index contributed by atoms with van der Waals surface area (Å²) in [6.45, 7) is -0.211. The molecule has 0 unspecified atom stereocenters. The molecule has 7 nitrogen and oxygen atoms in total. The van der Waals surface area contributed by atoms with Crippen molar-refractivity contribution in [3.63, 3.8) is 0 Å². The van der Waals surface area contributed by atoms with Gasteiger partial charge in [0, 0.05) is 0 Å². The van der Waals surface area contributed by atoms with Crippen molar-refractivity contribution >= 4 is 5.97 Å². The van der Waals surface area contributed by atoms with Crippen LogP contribution in [0.25, 0.3) is 0 Å². The SMILES string of the molecule is C#CCO[C@H]1O[C@@H](C(=O)O)[C@H](O)[C@@H](O)[C@@H]1O. The molecule has 0 aromatic carbocycles. The molecular weight excluding hydrogens is 220 g/mol. The topological polar surface area (TPSA) is 116 Å². The van der Waals surface area contributed by atoms with Crippen LogP contribution in [0.4, 0.5) is 0 Å². The largest absolute Gasteiger partial charge is 0.479 e. The molecule has 1 aliphatic heterocycles. The van der Waals surface area contributed by atoms with Crippen LogP contribution in [0.3, 0.4) is 0 Å². The van der Waals surface area contributed by atoms with Gasteiger partial charge in [-0.3, -0.25) is 0 Å². The van der Waals surface area contributed by atoms with Crippen LogP contribution in [-0.2, 0) is 14.3 Å². The Morgan fingerprint density at radius 2 is 1.94 bits per heavy atom. The van der Waals surface area contributed by atoms with E-state index >= 15 is 0 Å². The number of carbonyl (C=O) groups is 1. The summed E-state index contributed by atoms with van der Waals surface area (Å²) >= 11 is 0. The van der Waals surface area contributed by atoms with Crippen molar-refractivity contribution in [2.24, 2.45) is 0 Å². The van der Waals surface area contributed by atoms with E-state index in [1.165, 1.54) is 0 Å². The maximum atomic E-state index is 10.7. The van der Waals surface area contributed by atoms with Crippen molar-refractivity contribution in [3.8, 4) is 12.3 Å². The van der Waals surface area contributed by atoms with Crippen LogP contribution in [0.2, 0.25) is 0 Å². The third-order valence-electron chi connectivity index (χ3n) is 2.14. The minimum atomic E-state index is -1.72. The minimum absolute atomic E-state index is 0.211. The smallest absolute Gasteiger partial charge is 0.335 e. The lowest BCUT2D eigenvalue weighted by atomic mass is 9.99. The molecule has 1 heterocycles. The second kappa shape index (κ2) is 5.25. The van der Waals surface area contributed by atoms with E-state index in [1.807, 2.05) is 0 Å². The van der Waals surface area contributed by atoms with Gasteiger partial charge >= 0.3 is 5.97 Å². The van der Waals surface area contributed by atoms with Crippen LogP contribution >= 0.6 is 0 Å². The lowest BCUT2D eigenvalue weighted by Crippen LogP contribution is -2.60. The molecule has 0 aliphatic carbocycles.